The third kappa shape index (κ3) is 3.11. The fraction of sp³-hybridized carbons (Fsp3) is 0.450. The van der Waals surface area contributed by atoms with Crippen LogP contribution in [0.5, 0.6) is 0 Å². The molecule has 4 rings (SSSR count). The number of piperidine rings is 1. The quantitative estimate of drug-likeness (QED) is 0.708. The number of anilines is 1. The monoisotopic (exact) mass is 399 g/mol. The van der Waals surface area contributed by atoms with E-state index >= 15 is 0 Å². The van der Waals surface area contributed by atoms with E-state index in [-0.39, 0.29) is 29.9 Å². The van der Waals surface area contributed by atoms with Crippen molar-refractivity contribution in [1.82, 2.24) is 10.2 Å². The van der Waals surface area contributed by atoms with Crippen LogP contribution >= 0.6 is 0 Å². The van der Waals surface area contributed by atoms with Gasteiger partial charge in [0.1, 0.15) is 6.04 Å². The van der Waals surface area contributed by atoms with Gasteiger partial charge in [0.05, 0.1) is 23.1 Å². The number of fused-ring (bicyclic) bond motifs is 1. The number of nitrogens with one attached hydrogen (secondary N) is 2. The molecule has 2 fully saturated rings. The average Bonchev–Trinajstić information content (AvgIpc) is 2.89. The number of nitrogens with zero attached hydrogens (tertiary/aromatic N) is 1. The molecule has 152 valence electrons. The van der Waals surface area contributed by atoms with Gasteiger partial charge in [-0.15, -0.1) is 0 Å². The summed E-state index contributed by atoms with van der Waals surface area (Å²) in [7, 11) is 1.55. The summed E-state index contributed by atoms with van der Waals surface area (Å²) in [6.45, 7) is 0.324. The summed E-state index contributed by atoms with van der Waals surface area (Å²) >= 11 is 0. The predicted octanol–water partition coefficient (Wildman–Crippen LogP) is 0.843. The first-order valence-corrected chi connectivity index (χ1v) is 9.52. The molecule has 1 unspecified atom stereocenters. The third-order valence-corrected chi connectivity index (χ3v) is 5.91. The van der Waals surface area contributed by atoms with Gasteiger partial charge in [0.25, 0.3) is 11.8 Å². The summed E-state index contributed by atoms with van der Waals surface area (Å²) in [5.41, 5.74) is 0.147. The topological polar surface area (TPSA) is 122 Å². The first-order chi connectivity index (χ1) is 13.9. The molecule has 0 radical (unpaired) electrons. The Kier molecular flexibility index (Phi) is 4.70. The second-order valence-electron chi connectivity index (χ2n) is 7.73. The Hall–Kier alpha value is -3.07. The van der Waals surface area contributed by atoms with Crippen LogP contribution in [0.1, 0.15) is 52.8 Å². The Labute approximate surface area is 166 Å². The van der Waals surface area contributed by atoms with Crippen LogP contribution < -0.4 is 10.6 Å². The van der Waals surface area contributed by atoms with Gasteiger partial charge in [0.15, 0.2) is 0 Å². The van der Waals surface area contributed by atoms with Crippen molar-refractivity contribution in [3.63, 3.8) is 0 Å². The highest BCUT2D eigenvalue weighted by Crippen LogP contribution is 2.42. The Balaban J connectivity index is 1.55. The molecular weight excluding hydrogens is 378 g/mol. The zero-order chi connectivity index (χ0) is 20.8. The summed E-state index contributed by atoms with van der Waals surface area (Å²) in [6, 6.07) is 3.48. The molecule has 1 aromatic carbocycles. The van der Waals surface area contributed by atoms with Crippen LogP contribution in [0.3, 0.4) is 0 Å². The number of imide groups is 2. The van der Waals surface area contributed by atoms with Crippen LogP contribution in [0.15, 0.2) is 18.2 Å². The van der Waals surface area contributed by atoms with E-state index in [9.17, 15) is 24.0 Å². The average molecular weight is 399 g/mol. The Morgan fingerprint density at radius 3 is 2.55 bits per heavy atom. The van der Waals surface area contributed by atoms with Gasteiger partial charge in [-0.2, -0.15) is 0 Å². The molecule has 0 bridgehead atoms. The van der Waals surface area contributed by atoms with E-state index in [2.05, 4.69) is 10.6 Å². The lowest BCUT2D eigenvalue weighted by atomic mass is 9.68. The lowest BCUT2D eigenvalue weighted by Gasteiger charge is -2.39. The van der Waals surface area contributed by atoms with Crippen molar-refractivity contribution < 1.29 is 28.7 Å². The number of carbonyl (C=O) groups is 5. The molecule has 1 saturated heterocycles. The number of rotatable bonds is 5. The first-order valence-electron chi connectivity index (χ1n) is 9.52. The van der Waals surface area contributed by atoms with Gasteiger partial charge in [0.2, 0.25) is 17.7 Å². The summed E-state index contributed by atoms with van der Waals surface area (Å²) < 4.78 is 5.18. The molecule has 1 saturated carbocycles. The molecule has 0 aromatic heterocycles. The minimum absolute atomic E-state index is 0.0622. The van der Waals surface area contributed by atoms with Crippen molar-refractivity contribution in [2.75, 3.05) is 19.0 Å². The van der Waals surface area contributed by atoms with Crippen molar-refractivity contribution in [1.29, 1.82) is 0 Å². The van der Waals surface area contributed by atoms with E-state index in [0.717, 1.165) is 24.2 Å². The molecule has 1 aliphatic carbocycles. The van der Waals surface area contributed by atoms with Crippen LogP contribution in [0, 0.1) is 5.41 Å². The van der Waals surface area contributed by atoms with Gasteiger partial charge < -0.3 is 10.1 Å². The standard InChI is InChI=1S/C20H21N3O6/c1-29-10-20(7-2-8-20)19(28)21-11-3-4-12-13(9-11)18(27)23(17(12)26)14-5-6-15(24)22-16(14)25/h3-4,9,14H,2,5-8,10H2,1H3,(H,21,28)(H,22,24,25). The first kappa shape index (κ1) is 19.3. The van der Waals surface area contributed by atoms with E-state index < -0.39 is 35.1 Å². The minimum atomic E-state index is -1.02. The van der Waals surface area contributed by atoms with Crippen LogP contribution in [0.2, 0.25) is 0 Å². The predicted molar refractivity (Wildman–Crippen MR) is 99.9 cm³/mol. The Morgan fingerprint density at radius 1 is 1.21 bits per heavy atom. The number of methoxy groups -OCH3 is 1. The number of hydrogen-bond acceptors (Lipinski definition) is 6. The highest BCUT2D eigenvalue weighted by atomic mass is 16.5. The Bertz CT molecular complexity index is 936. The van der Waals surface area contributed by atoms with Crippen molar-refractivity contribution >= 4 is 35.2 Å². The van der Waals surface area contributed by atoms with E-state index in [0.29, 0.717) is 12.3 Å². The maximum atomic E-state index is 12.8. The van der Waals surface area contributed by atoms with Crippen LogP contribution in [0.4, 0.5) is 5.69 Å². The lowest BCUT2D eigenvalue weighted by molar-refractivity contribution is -0.136. The highest BCUT2D eigenvalue weighted by molar-refractivity contribution is 6.24. The largest absolute Gasteiger partial charge is 0.384 e. The fourth-order valence-electron chi connectivity index (χ4n) is 4.13. The summed E-state index contributed by atoms with van der Waals surface area (Å²) in [5, 5.41) is 4.98. The molecule has 2 heterocycles. The smallest absolute Gasteiger partial charge is 0.262 e. The molecular formula is C20H21N3O6. The number of carbonyl (C=O) groups excluding carboxylic acids is 5. The van der Waals surface area contributed by atoms with E-state index in [1.54, 1.807) is 13.2 Å². The van der Waals surface area contributed by atoms with Crippen LogP contribution in [-0.2, 0) is 19.1 Å². The molecule has 9 heteroatoms. The van der Waals surface area contributed by atoms with Gasteiger partial charge in [-0.3, -0.25) is 34.2 Å². The van der Waals surface area contributed by atoms with Gasteiger partial charge in [-0.1, -0.05) is 6.42 Å². The van der Waals surface area contributed by atoms with Gasteiger partial charge in [-0.25, -0.2) is 0 Å². The number of benzene rings is 1. The minimum Gasteiger partial charge on any atom is -0.384 e. The normalized spacial score (nSPS) is 22.8. The second kappa shape index (κ2) is 7.07. The van der Waals surface area contributed by atoms with E-state index in [1.807, 2.05) is 0 Å². The maximum absolute atomic E-state index is 12.8. The van der Waals surface area contributed by atoms with Gasteiger partial charge >= 0.3 is 0 Å². The number of amides is 5. The van der Waals surface area contributed by atoms with Crippen molar-refractivity contribution in [3.05, 3.63) is 29.3 Å². The molecule has 1 atom stereocenters. The summed E-state index contributed by atoms with van der Waals surface area (Å²) in [6.07, 6.45) is 2.58. The van der Waals surface area contributed by atoms with Crippen LogP contribution in [-0.4, -0.2) is 54.2 Å². The molecule has 2 aliphatic heterocycles. The van der Waals surface area contributed by atoms with Gasteiger partial charge in [-0.05, 0) is 37.5 Å². The third-order valence-electron chi connectivity index (χ3n) is 5.91. The van der Waals surface area contributed by atoms with E-state index in [4.69, 9.17) is 4.74 Å². The Morgan fingerprint density at radius 2 is 1.93 bits per heavy atom. The molecule has 1 aromatic rings. The SMILES string of the molecule is COCC1(C(=O)Nc2ccc3c(c2)C(=O)N(C2CCC(=O)NC2=O)C3=O)CCC1. The molecule has 3 aliphatic rings. The van der Waals surface area contributed by atoms with Crippen molar-refractivity contribution in [2.45, 2.75) is 38.1 Å². The second-order valence-corrected chi connectivity index (χ2v) is 7.73. The molecule has 2 N–H and O–H groups in total. The zero-order valence-electron chi connectivity index (χ0n) is 15.9. The summed E-state index contributed by atoms with van der Waals surface area (Å²) in [4.78, 5) is 62.6. The highest BCUT2D eigenvalue weighted by Gasteiger charge is 2.46. The van der Waals surface area contributed by atoms with Gasteiger partial charge in [0, 0.05) is 19.2 Å². The molecule has 0 spiro atoms. The van der Waals surface area contributed by atoms with Crippen LogP contribution in [0.25, 0.3) is 0 Å². The number of hydrogen-bond donors (Lipinski definition) is 2. The fourth-order valence-corrected chi connectivity index (χ4v) is 4.13. The van der Waals surface area contributed by atoms with Crippen molar-refractivity contribution in [3.8, 4) is 0 Å². The number of ether oxygens (including phenoxy) is 1. The zero-order valence-corrected chi connectivity index (χ0v) is 15.9. The molecule has 29 heavy (non-hydrogen) atoms. The summed E-state index contributed by atoms with van der Waals surface area (Å²) in [5.74, 6) is -2.44. The lowest BCUT2D eigenvalue weighted by Crippen LogP contribution is -2.54. The van der Waals surface area contributed by atoms with E-state index in [1.165, 1.54) is 12.1 Å². The molecule has 5 amide bonds. The molecule has 9 nitrogen and oxygen atoms in total. The maximum Gasteiger partial charge on any atom is 0.262 e. The van der Waals surface area contributed by atoms with Crippen molar-refractivity contribution in [2.24, 2.45) is 5.41 Å².